The molecule has 2 saturated carbocycles. The van der Waals surface area contributed by atoms with E-state index in [0.717, 1.165) is 63.1 Å². The van der Waals surface area contributed by atoms with Crippen LogP contribution in [0.15, 0.2) is 54.2 Å². The van der Waals surface area contributed by atoms with Crippen molar-refractivity contribution in [1.29, 1.82) is 0 Å². The number of hydrogen-bond donors (Lipinski definition) is 1. The average Bonchev–Trinajstić information content (AvgIpc) is 3.89. The van der Waals surface area contributed by atoms with Gasteiger partial charge in [-0.15, -0.1) is 0 Å². The number of rotatable bonds is 6. The SMILES string of the molecule is COCCOC1/C=C/CC(C)C(CC2CC2)S(=O)(=O)NC(=O)C2=CCC(C)(C=C2)OC[C@]2(CCCc3cc(Cl)ccc32)CN(C)CC2CCC21. The summed E-state index contributed by atoms with van der Waals surface area (Å²) >= 11 is 6.49. The van der Waals surface area contributed by atoms with Gasteiger partial charge in [-0.05, 0) is 112 Å². The van der Waals surface area contributed by atoms with E-state index in [1.165, 1.54) is 11.1 Å². The van der Waals surface area contributed by atoms with Crippen molar-refractivity contribution < 1.29 is 27.4 Å². The van der Waals surface area contributed by atoms with Crippen LogP contribution in [0.1, 0.15) is 82.8 Å². The van der Waals surface area contributed by atoms with E-state index in [0.29, 0.717) is 62.4 Å². The van der Waals surface area contributed by atoms with Crippen molar-refractivity contribution in [2.45, 2.75) is 100 Å². The molecule has 8 nitrogen and oxygen atoms in total. The van der Waals surface area contributed by atoms with Gasteiger partial charge in [-0.2, -0.15) is 0 Å². The standard InChI is InChI=1S/C40H57ClN2O6S/c1-28-7-5-9-36(48-22-21-47-4)34-14-12-32(34)25-43(3)26-40(18-6-8-31-24-33(41)13-15-35(31)40)27-49-39(2)19-16-30(17-20-39)38(44)42-50(45,46)37(28)23-29-10-11-29/h5,9,13,15-17,19,24,28-29,32,34,36-37H,6-8,10-12,14,18,20-23,25-27H2,1-4H3,(H,42,44)/b9-5+/t28?,32?,34?,36?,37?,39?,40-/m0/s1. The summed E-state index contributed by atoms with van der Waals surface area (Å²) in [5, 5.41) is 0.109. The van der Waals surface area contributed by atoms with Crippen molar-refractivity contribution in [3.8, 4) is 0 Å². The second kappa shape index (κ2) is 15.9. The molecule has 1 aromatic carbocycles. The molecule has 0 saturated heterocycles. The van der Waals surface area contributed by atoms with Gasteiger partial charge in [0.2, 0.25) is 10.0 Å². The quantitative estimate of drug-likeness (QED) is 0.255. The highest BCUT2D eigenvalue weighted by atomic mass is 35.5. The summed E-state index contributed by atoms with van der Waals surface area (Å²) in [5.74, 6) is 0.517. The lowest BCUT2D eigenvalue weighted by Gasteiger charge is -2.46. The van der Waals surface area contributed by atoms with Crippen molar-refractivity contribution in [2.75, 3.05) is 47.1 Å². The zero-order chi connectivity index (χ0) is 35.5. The summed E-state index contributed by atoms with van der Waals surface area (Å²) in [6, 6.07) is 6.32. The summed E-state index contributed by atoms with van der Waals surface area (Å²) in [5.41, 5.74) is 2.11. The van der Waals surface area contributed by atoms with Crippen LogP contribution in [0.5, 0.6) is 0 Å². The topological polar surface area (TPSA) is 94.2 Å². The van der Waals surface area contributed by atoms with Gasteiger partial charge in [0.25, 0.3) is 5.91 Å². The number of ether oxygens (including phenoxy) is 3. The first-order valence-electron chi connectivity index (χ1n) is 18.7. The van der Waals surface area contributed by atoms with Gasteiger partial charge < -0.3 is 19.1 Å². The lowest BCUT2D eigenvalue weighted by Crippen LogP contribution is -2.50. The molecule has 2 bridgehead atoms. The minimum Gasteiger partial charge on any atom is -0.382 e. The molecule has 1 amide bonds. The maximum Gasteiger partial charge on any atom is 0.264 e. The van der Waals surface area contributed by atoms with Crippen LogP contribution in [0.3, 0.4) is 0 Å². The number of fused-ring (bicyclic) bond motifs is 12. The Bertz CT molecular complexity index is 1570. The van der Waals surface area contributed by atoms with Crippen LogP contribution in [0, 0.1) is 23.7 Å². The summed E-state index contributed by atoms with van der Waals surface area (Å²) in [4.78, 5) is 15.9. The van der Waals surface area contributed by atoms with E-state index in [1.54, 1.807) is 13.2 Å². The minimum atomic E-state index is -3.91. The van der Waals surface area contributed by atoms with E-state index in [2.05, 4.69) is 41.0 Å². The molecule has 7 rings (SSSR count). The molecule has 4 aliphatic carbocycles. The van der Waals surface area contributed by atoms with Crippen LogP contribution in [0.25, 0.3) is 0 Å². The fraction of sp³-hybridized carbons (Fsp3) is 0.675. The largest absolute Gasteiger partial charge is 0.382 e. The maximum absolute atomic E-state index is 13.8. The Hall–Kier alpha value is -2.01. The van der Waals surface area contributed by atoms with E-state index in [-0.39, 0.29) is 17.4 Å². The first-order chi connectivity index (χ1) is 23.9. The Morgan fingerprint density at radius 3 is 2.68 bits per heavy atom. The van der Waals surface area contributed by atoms with Gasteiger partial charge in [0.15, 0.2) is 0 Å². The van der Waals surface area contributed by atoms with Gasteiger partial charge in [-0.3, -0.25) is 4.79 Å². The maximum atomic E-state index is 13.8. The molecule has 1 spiro atoms. The minimum absolute atomic E-state index is 0.0692. The van der Waals surface area contributed by atoms with Crippen molar-refractivity contribution >= 4 is 27.5 Å². The predicted octanol–water partition coefficient (Wildman–Crippen LogP) is 6.78. The molecule has 1 N–H and O–H groups in total. The lowest BCUT2D eigenvalue weighted by atomic mass is 9.68. The Morgan fingerprint density at radius 1 is 1.16 bits per heavy atom. The second-order valence-corrected chi connectivity index (χ2v) is 18.4. The number of methoxy groups -OCH3 is 1. The second-order valence-electron chi connectivity index (χ2n) is 16.1. The third kappa shape index (κ3) is 8.95. The molecule has 2 fully saturated rings. The molecular weight excluding hydrogens is 672 g/mol. The molecular formula is C40H57ClN2O6S. The average molecular weight is 729 g/mol. The summed E-state index contributed by atoms with van der Waals surface area (Å²) in [6.45, 7) is 7.42. The molecule has 276 valence electrons. The van der Waals surface area contributed by atoms with Crippen molar-refractivity contribution in [3.63, 3.8) is 0 Å². The Morgan fingerprint density at radius 2 is 1.98 bits per heavy atom. The van der Waals surface area contributed by atoms with Crippen LogP contribution in [0.2, 0.25) is 5.02 Å². The fourth-order valence-corrected chi connectivity index (χ4v) is 10.7. The summed E-state index contributed by atoms with van der Waals surface area (Å²) in [6.07, 6.45) is 18.7. The van der Waals surface area contributed by atoms with Crippen molar-refractivity contribution in [3.05, 3.63) is 70.3 Å². The first-order valence-corrected chi connectivity index (χ1v) is 20.7. The number of nitrogens with one attached hydrogen (secondary N) is 1. The zero-order valence-electron chi connectivity index (χ0n) is 30.4. The van der Waals surface area contributed by atoms with Crippen LogP contribution in [-0.4, -0.2) is 83.2 Å². The third-order valence-electron chi connectivity index (χ3n) is 12.0. The Labute approximate surface area is 305 Å². The Balaban J connectivity index is 1.31. The summed E-state index contributed by atoms with van der Waals surface area (Å²) < 4.78 is 48.7. The molecule has 50 heavy (non-hydrogen) atoms. The number of aryl methyl sites for hydroxylation is 1. The zero-order valence-corrected chi connectivity index (χ0v) is 31.9. The van der Waals surface area contributed by atoms with Crippen LogP contribution < -0.4 is 4.72 Å². The fourth-order valence-electron chi connectivity index (χ4n) is 8.71. The molecule has 1 aromatic rings. The molecule has 2 heterocycles. The monoisotopic (exact) mass is 728 g/mol. The lowest BCUT2D eigenvalue weighted by molar-refractivity contribution is -0.115. The van der Waals surface area contributed by atoms with Crippen LogP contribution >= 0.6 is 11.6 Å². The molecule has 0 radical (unpaired) electrons. The molecule has 2 aliphatic heterocycles. The van der Waals surface area contributed by atoms with Crippen molar-refractivity contribution in [2.24, 2.45) is 23.7 Å². The number of benzene rings is 1. The van der Waals surface area contributed by atoms with E-state index in [1.807, 2.05) is 32.1 Å². The predicted molar refractivity (Wildman–Crippen MR) is 199 cm³/mol. The van der Waals surface area contributed by atoms with E-state index >= 15 is 0 Å². The van der Waals surface area contributed by atoms with Gasteiger partial charge >= 0.3 is 0 Å². The highest BCUT2D eigenvalue weighted by Crippen LogP contribution is 2.44. The van der Waals surface area contributed by atoms with E-state index < -0.39 is 26.8 Å². The highest BCUT2D eigenvalue weighted by Gasteiger charge is 2.43. The highest BCUT2D eigenvalue weighted by molar-refractivity contribution is 7.90. The first kappa shape index (κ1) is 37.7. The van der Waals surface area contributed by atoms with Gasteiger partial charge in [-0.25, -0.2) is 13.1 Å². The summed E-state index contributed by atoms with van der Waals surface area (Å²) in [7, 11) is 0.0194. The van der Waals surface area contributed by atoms with Crippen molar-refractivity contribution in [1.82, 2.24) is 9.62 Å². The number of carbonyl (C=O) groups excluding carboxylic acids is 1. The molecule has 7 atom stereocenters. The molecule has 10 heteroatoms. The number of likely N-dealkylation sites (N-methyl/N-ethyl adjacent to an activating group) is 1. The van der Waals surface area contributed by atoms with Gasteiger partial charge in [0.1, 0.15) is 0 Å². The van der Waals surface area contributed by atoms with Gasteiger partial charge in [-0.1, -0.05) is 67.8 Å². The molecule has 0 aromatic heterocycles. The number of hydrogen-bond acceptors (Lipinski definition) is 7. The third-order valence-corrected chi connectivity index (χ3v) is 14.2. The number of nitrogens with zero attached hydrogens (tertiary/aromatic N) is 1. The molecule has 6 unspecified atom stereocenters. The number of carbonyl (C=O) groups is 1. The van der Waals surface area contributed by atoms with Crippen LogP contribution in [-0.2, 0) is 40.9 Å². The van der Waals surface area contributed by atoms with Gasteiger partial charge in [0.05, 0.1) is 36.8 Å². The van der Waals surface area contributed by atoms with Crippen LogP contribution in [0.4, 0.5) is 0 Å². The van der Waals surface area contributed by atoms with E-state index in [4.69, 9.17) is 25.8 Å². The number of amides is 1. The smallest absolute Gasteiger partial charge is 0.264 e. The molecule has 6 aliphatic rings. The number of sulfonamides is 1. The number of halogens is 1. The van der Waals surface area contributed by atoms with E-state index in [9.17, 15) is 13.2 Å². The Kier molecular flexibility index (Phi) is 12.0. The number of allylic oxidation sites excluding steroid dienone is 1. The van der Waals surface area contributed by atoms with Gasteiger partial charge in [0, 0.05) is 36.2 Å². The normalized spacial score (nSPS) is 36.0.